The average molecular weight is 331 g/mol. The van der Waals surface area contributed by atoms with E-state index in [0.29, 0.717) is 5.01 Å². The predicted octanol–water partition coefficient (Wildman–Crippen LogP) is 2.68. The van der Waals surface area contributed by atoms with E-state index in [4.69, 9.17) is 0 Å². The number of aromatic nitrogens is 2. The zero-order chi connectivity index (χ0) is 15.4. The Bertz CT molecular complexity index is 847. The molecule has 0 atom stereocenters. The topological polar surface area (TPSA) is 72.0 Å². The lowest BCUT2D eigenvalue weighted by Crippen LogP contribution is -2.23. The van der Waals surface area contributed by atoms with Crippen molar-refractivity contribution < 1.29 is 8.42 Å². The molecule has 0 amide bonds. The molecule has 0 aliphatic heterocycles. The van der Waals surface area contributed by atoms with Gasteiger partial charge in [0.15, 0.2) is 0 Å². The molecule has 3 rings (SSSR count). The molecule has 0 fully saturated rings. The molecular formula is C15H13N3O2S2. The quantitative estimate of drug-likeness (QED) is 0.780. The molecule has 1 N–H and O–H groups in total. The second-order valence-electron chi connectivity index (χ2n) is 4.48. The van der Waals surface area contributed by atoms with Gasteiger partial charge in [-0.05, 0) is 24.3 Å². The highest BCUT2D eigenvalue weighted by atomic mass is 32.2. The maximum absolute atomic E-state index is 12.1. The fraction of sp³-hybridized carbons (Fsp3) is 0.0667. The third kappa shape index (κ3) is 3.38. The van der Waals surface area contributed by atoms with E-state index in [0.717, 1.165) is 11.4 Å². The molecule has 3 aromatic rings. The Morgan fingerprint density at radius 3 is 2.50 bits per heavy atom. The molecule has 0 aliphatic carbocycles. The Balaban J connectivity index is 1.72. The number of thiazole rings is 1. The van der Waals surface area contributed by atoms with Crippen LogP contribution in [0.5, 0.6) is 0 Å². The van der Waals surface area contributed by atoms with Crippen LogP contribution in [0.2, 0.25) is 0 Å². The predicted molar refractivity (Wildman–Crippen MR) is 85.8 cm³/mol. The number of rotatable bonds is 5. The van der Waals surface area contributed by atoms with Crippen molar-refractivity contribution in [1.29, 1.82) is 0 Å². The van der Waals surface area contributed by atoms with E-state index in [1.807, 2.05) is 23.6 Å². The van der Waals surface area contributed by atoms with Crippen LogP contribution in [-0.2, 0) is 16.6 Å². The third-order valence-corrected chi connectivity index (χ3v) is 5.21. The first-order valence-corrected chi connectivity index (χ1v) is 8.92. The van der Waals surface area contributed by atoms with Crippen molar-refractivity contribution >= 4 is 21.4 Å². The van der Waals surface area contributed by atoms with Gasteiger partial charge in [-0.2, -0.15) is 0 Å². The van der Waals surface area contributed by atoms with E-state index < -0.39 is 10.0 Å². The monoisotopic (exact) mass is 331 g/mol. The van der Waals surface area contributed by atoms with Gasteiger partial charge in [0.25, 0.3) is 0 Å². The van der Waals surface area contributed by atoms with E-state index >= 15 is 0 Å². The molecule has 0 spiro atoms. The Hall–Kier alpha value is -2.09. The number of pyridine rings is 1. The standard InChI is InChI=1S/C15H13N3O2S2/c19-22(20,12-6-2-1-3-7-12)17-10-15-18-14(11-21-15)13-8-4-5-9-16-13/h1-9,11,17H,10H2. The zero-order valence-corrected chi connectivity index (χ0v) is 13.1. The van der Waals surface area contributed by atoms with Gasteiger partial charge in [0, 0.05) is 11.6 Å². The van der Waals surface area contributed by atoms with Gasteiger partial charge in [0.1, 0.15) is 5.01 Å². The summed E-state index contributed by atoms with van der Waals surface area (Å²) >= 11 is 1.40. The molecule has 0 aliphatic rings. The van der Waals surface area contributed by atoms with Gasteiger partial charge in [0.2, 0.25) is 10.0 Å². The van der Waals surface area contributed by atoms with Gasteiger partial charge in [0.05, 0.1) is 22.8 Å². The van der Waals surface area contributed by atoms with E-state index in [-0.39, 0.29) is 11.4 Å². The Morgan fingerprint density at radius 2 is 1.77 bits per heavy atom. The number of benzene rings is 1. The van der Waals surface area contributed by atoms with Crippen molar-refractivity contribution in [2.75, 3.05) is 0 Å². The summed E-state index contributed by atoms with van der Waals surface area (Å²) in [6, 6.07) is 13.9. The molecule has 0 saturated carbocycles. The van der Waals surface area contributed by atoms with E-state index in [9.17, 15) is 8.42 Å². The number of nitrogens with zero attached hydrogens (tertiary/aromatic N) is 2. The smallest absolute Gasteiger partial charge is 0.240 e. The van der Waals surface area contributed by atoms with Crippen molar-refractivity contribution in [3.8, 4) is 11.4 Å². The van der Waals surface area contributed by atoms with Crippen LogP contribution >= 0.6 is 11.3 Å². The minimum Gasteiger partial charge on any atom is -0.255 e. The molecule has 7 heteroatoms. The van der Waals surface area contributed by atoms with Gasteiger partial charge < -0.3 is 0 Å². The molecule has 5 nitrogen and oxygen atoms in total. The summed E-state index contributed by atoms with van der Waals surface area (Å²) in [6.45, 7) is 0.161. The molecule has 0 bridgehead atoms. The molecule has 1 aromatic carbocycles. The number of hydrogen-bond acceptors (Lipinski definition) is 5. The maximum atomic E-state index is 12.1. The summed E-state index contributed by atoms with van der Waals surface area (Å²) in [5, 5.41) is 2.56. The van der Waals surface area contributed by atoms with Crippen LogP contribution in [0.15, 0.2) is 65.0 Å². The first-order valence-electron chi connectivity index (χ1n) is 6.56. The fourth-order valence-electron chi connectivity index (χ4n) is 1.86. The largest absolute Gasteiger partial charge is 0.255 e. The lowest BCUT2D eigenvalue weighted by atomic mass is 10.3. The minimum atomic E-state index is -3.51. The van der Waals surface area contributed by atoms with Crippen molar-refractivity contribution in [2.24, 2.45) is 0 Å². The van der Waals surface area contributed by atoms with E-state index in [1.54, 1.807) is 36.5 Å². The third-order valence-electron chi connectivity index (χ3n) is 2.95. The first kappa shape index (κ1) is 14.8. The second-order valence-corrected chi connectivity index (χ2v) is 7.19. The van der Waals surface area contributed by atoms with Gasteiger partial charge in [-0.15, -0.1) is 11.3 Å². The lowest BCUT2D eigenvalue weighted by molar-refractivity contribution is 0.581. The zero-order valence-electron chi connectivity index (χ0n) is 11.5. The van der Waals surface area contributed by atoms with Gasteiger partial charge in [-0.1, -0.05) is 24.3 Å². The number of sulfonamides is 1. The van der Waals surface area contributed by atoms with Crippen LogP contribution in [0.1, 0.15) is 5.01 Å². The van der Waals surface area contributed by atoms with E-state index in [1.165, 1.54) is 11.3 Å². The number of hydrogen-bond donors (Lipinski definition) is 1. The average Bonchev–Trinajstić information content (AvgIpc) is 3.04. The van der Waals surface area contributed by atoms with Gasteiger partial charge in [-0.25, -0.2) is 18.1 Å². The SMILES string of the molecule is O=S(=O)(NCc1nc(-c2ccccn2)cs1)c1ccccc1. The molecule has 0 unspecified atom stereocenters. The first-order chi connectivity index (χ1) is 10.6. The molecule has 2 heterocycles. The molecular weight excluding hydrogens is 318 g/mol. The van der Waals surface area contributed by atoms with Crippen molar-refractivity contribution in [3.05, 3.63) is 65.1 Å². The lowest BCUT2D eigenvalue weighted by Gasteiger charge is -2.04. The van der Waals surface area contributed by atoms with Crippen LogP contribution in [0.25, 0.3) is 11.4 Å². The molecule has 22 heavy (non-hydrogen) atoms. The summed E-state index contributed by atoms with van der Waals surface area (Å²) in [5.41, 5.74) is 1.52. The summed E-state index contributed by atoms with van der Waals surface area (Å²) in [5.74, 6) is 0. The highest BCUT2D eigenvalue weighted by molar-refractivity contribution is 7.89. The second kappa shape index (κ2) is 6.35. The Morgan fingerprint density at radius 1 is 1.00 bits per heavy atom. The molecule has 2 aromatic heterocycles. The van der Waals surface area contributed by atoms with Crippen LogP contribution in [0.4, 0.5) is 0 Å². The summed E-state index contributed by atoms with van der Waals surface area (Å²) in [4.78, 5) is 8.88. The van der Waals surface area contributed by atoms with E-state index in [2.05, 4.69) is 14.7 Å². The summed E-state index contributed by atoms with van der Waals surface area (Å²) in [7, 11) is -3.51. The van der Waals surface area contributed by atoms with Crippen molar-refractivity contribution in [1.82, 2.24) is 14.7 Å². The Labute approximate surface area is 132 Å². The van der Waals surface area contributed by atoms with Crippen LogP contribution in [0, 0.1) is 0 Å². The van der Waals surface area contributed by atoms with Crippen LogP contribution < -0.4 is 4.72 Å². The maximum Gasteiger partial charge on any atom is 0.240 e. The summed E-state index contributed by atoms with van der Waals surface area (Å²) in [6.07, 6.45) is 1.70. The van der Waals surface area contributed by atoms with Gasteiger partial charge in [-0.3, -0.25) is 4.98 Å². The molecule has 0 radical (unpaired) electrons. The normalized spacial score (nSPS) is 11.5. The van der Waals surface area contributed by atoms with Gasteiger partial charge >= 0.3 is 0 Å². The van der Waals surface area contributed by atoms with Crippen molar-refractivity contribution in [3.63, 3.8) is 0 Å². The fourth-order valence-corrected chi connectivity index (χ4v) is 3.69. The highest BCUT2D eigenvalue weighted by Crippen LogP contribution is 2.20. The molecule has 112 valence electrons. The van der Waals surface area contributed by atoms with Crippen LogP contribution in [0.3, 0.4) is 0 Å². The number of nitrogens with one attached hydrogen (secondary N) is 1. The van der Waals surface area contributed by atoms with Crippen molar-refractivity contribution in [2.45, 2.75) is 11.4 Å². The van der Waals surface area contributed by atoms with Crippen LogP contribution in [-0.4, -0.2) is 18.4 Å². The minimum absolute atomic E-state index is 0.161. The molecule has 0 saturated heterocycles. The highest BCUT2D eigenvalue weighted by Gasteiger charge is 2.14. The summed E-state index contributed by atoms with van der Waals surface area (Å²) < 4.78 is 26.8. The Kier molecular flexibility index (Phi) is 4.28.